The number of anilines is 1. The van der Waals surface area contributed by atoms with Crippen LogP contribution in [0.1, 0.15) is 33.3 Å². The Kier molecular flexibility index (Phi) is 9.44. The van der Waals surface area contributed by atoms with Crippen LogP contribution in [0.2, 0.25) is 10.0 Å². The minimum atomic E-state index is -3.91. The van der Waals surface area contributed by atoms with Crippen LogP contribution in [0.3, 0.4) is 0 Å². The first-order chi connectivity index (χ1) is 15.6. The minimum absolute atomic E-state index is 0.0826. The van der Waals surface area contributed by atoms with Gasteiger partial charge < -0.3 is 10.2 Å². The van der Waals surface area contributed by atoms with E-state index >= 15 is 0 Å². The summed E-state index contributed by atoms with van der Waals surface area (Å²) in [5.41, 5.74) is 0.340. The molecule has 2 aromatic carbocycles. The zero-order valence-corrected chi connectivity index (χ0v) is 23.5. The molecule has 2 amide bonds. The van der Waals surface area contributed by atoms with Gasteiger partial charge in [-0.3, -0.25) is 13.9 Å². The van der Waals surface area contributed by atoms with E-state index in [1.165, 1.54) is 23.1 Å². The van der Waals surface area contributed by atoms with Crippen molar-refractivity contribution < 1.29 is 18.0 Å². The average Bonchev–Trinajstić information content (AvgIpc) is 2.69. The molecule has 0 bridgehead atoms. The van der Waals surface area contributed by atoms with E-state index in [1.54, 1.807) is 6.92 Å². The minimum Gasteiger partial charge on any atom is -0.350 e. The monoisotopic (exact) mass is 591 g/mol. The molecule has 11 heteroatoms. The Bertz CT molecular complexity index is 1170. The van der Waals surface area contributed by atoms with Crippen molar-refractivity contribution in [3.8, 4) is 0 Å². The maximum atomic E-state index is 13.5. The largest absolute Gasteiger partial charge is 0.350 e. The lowest BCUT2D eigenvalue weighted by atomic mass is 10.1. The number of carbonyl (C=O) groups excluding carboxylic acids is 2. The fourth-order valence-electron chi connectivity index (χ4n) is 3.16. The summed E-state index contributed by atoms with van der Waals surface area (Å²) in [4.78, 5) is 27.8. The molecule has 7 nitrogen and oxygen atoms in total. The van der Waals surface area contributed by atoms with Gasteiger partial charge in [-0.15, -0.1) is 0 Å². The summed E-state index contributed by atoms with van der Waals surface area (Å²) in [5, 5.41) is 3.26. The molecule has 186 valence electrons. The Morgan fingerprint density at radius 2 is 1.76 bits per heavy atom. The molecule has 1 N–H and O–H groups in total. The molecule has 0 saturated carbocycles. The van der Waals surface area contributed by atoms with Gasteiger partial charge in [0, 0.05) is 21.6 Å². The lowest BCUT2D eigenvalue weighted by Crippen LogP contribution is -2.54. The number of carbonyl (C=O) groups is 2. The Hall–Kier alpha value is -1.81. The molecule has 0 saturated heterocycles. The van der Waals surface area contributed by atoms with Gasteiger partial charge in [-0.2, -0.15) is 0 Å². The van der Waals surface area contributed by atoms with Gasteiger partial charge >= 0.3 is 0 Å². The highest BCUT2D eigenvalue weighted by molar-refractivity contribution is 9.10. The van der Waals surface area contributed by atoms with Crippen LogP contribution in [0.5, 0.6) is 0 Å². The molecule has 0 fully saturated rings. The topological polar surface area (TPSA) is 86.8 Å². The van der Waals surface area contributed by atoms with Gasteiger partial charge in [0.05, 0.1) is 17.0 Å². The van der Waals surface area contributed by atoms with Gasteiger partial charge in [0.15, 0.2) is 0 Å². The van der Waals surface area contributed by atoms with Crippen molar-refractivity contribution in [3.63, 3.8) is 0 Å². The second-order valence-corrected chi connectivity index (χ2v) is 12.6. The predicted molar refractivity (Wildman–Crippen MR) is 141 cm³/mol. The third-order valence-corrected chi connectivity index (χ3v) is 6.94. The summed E-state index contributed by atoms with van der Waals surface area (Å²) >= 11 is 15.7. The SMILES string of the molecule is CC(C(=O)NC(C)(C)C)N(Cc1cccc(Br)c1)C(=O)CN(c1cc(Cl)ccc1Cl)S(C)(=O)=O. The molecule has 2 rings (SSSR count). The fourth-order valence-corrected chi connectivity index (χ4v) is 4.90. The molecule has 34 heavy (non-hydrogen) atoms. The van der Waals surface area contributed by atoms with Crippen LogP contribution < -0.4 is 9.62 Å². The van der Waals surface area contributed by atoms with E-state index in [4.69, 9.17) is 23.2 Å². The van der Waals surface area contributed by atoms with Crippen molar-refractivity contribution in [2.24, 2.45) is 0 Å². The number of hydrogen-bond donors (Lipinski definition) is 1. The molecule has 0 aliphatic heterocycles. The second-order valence-electron chi connectivity index (χ2n) is 8.93. The molecule has 2 aromatic rings. The number of rotatable bonds is 8. The first kappa shape index (κ1) is 28.4. The van der Waals surface area contributed by atoms with Gasteiger partial charge in [0.25, 0.3) is 0 Å². The Labute approximate surface area is 219 Å². The summed E-state index contributed by atoms with van der Waals surface area (Å²) in [7, 11) is -3.91. The molecule has 0 aliphatic carbocycles. The quantitative estimate of drug-likeness (QED) is 0.474. The summed E-state index contributed by atoms with van der Waals surface area (Å²) in [6, 6.07) is 10.8. The number of benzene rings is 2. The van der Waals surface area contributed by atoms with E-state index in [2.05, 4.69) is 21.2 Å². The molecule has 1 atom stereocenters. The van der Waals surface area contributed by atoms with E-state index in [9.17, 15) is 18.0 Å². The highest BCUT2D eigenvalue weighted by Crippen LogP contribution is 2.31. The van der Waals surface area contributed by atoms with Gasteiger partial charge in [0.2, 0.25) is 21.8 Å². The van der Waals surface area contributed by atoms with E-state index in [1.807, 2.05) is 45.0 Å². The lowest BCUT2D eigenvalue weighted by Gasteiger charge is -2.33. The molecule has 0 spiro atoms. The van der Waals surface area contributed by atoms with Gasteiger partial charge in [-0.05, 0) is 63.6 Å². The van der Waals surface area contributed by atoms with Crippen LogP contribution in [0.15, 0.2) is 46.9 Å². The van der Waals surface area contributed by atoms with Crippen molar-refractivity contribution in [2.45, 2.75) is 45.8 Å². The van der Waals surface area contributed by atoms with Crippen molar-refractivity contribution in [2.75, 3.05) is 17.1 Å². The third-order valence-electron chi connectivity index (χ3n) is 4.76. The first-order valence-electron chi connectivity index (χ1n) is 10.4. The highest BCUT2D eigenvalue weighted by atomic mass is 79.9. The number of hydrogen-bond acceptors (Lipinski definition) is 4. The molecular weight excluding hydrogens is 565 g/mol. The zero-order chi connectivity index (χ0) is 25.8. The van der Waals surface area contributed by atoms with Crippen LogP contribution in [-0.4, -0.2) is 49.5 Å². The number of amides is 2. The smallest absolute Gasteiger partial charge is 0.244 e. The molecule has 0 radical (unpaired) electrons. The second kappa shape index (κ2) is 11.3. The zero-order valence-electron chi connectivity index (χ0n) is 19.6. The Balaban J connectivity index is 2.45. The molecule has 0 heterocycles. The number of nitrogens with zero attached hydrogens (tertiary/aromatic N) is 2. The maximum absolute atomic E-state index is 13.5. The normalized spacial score (nSPS) is 12.7. The van der Waals surface area contributed by atoms with E-state index in [0.29, 0.717) is 0 Å². The Morgan fingerprint density at radius 1 is 1.12 bits per heavy atom. The van der Waals surface area contributed by atoms with Gasteiger partial charge in [-0.25, -0.2) is 8.42 Å². The van der Waals surface area contributed by atoms with E-state index in [-0.39, 0.29) is 28.2 Å². The lowest BCUT2D eigenvalue weighted by molar-refractivity contribution is -0.140. The maximum Gasteiger partial charge on any atom is 0.244 e. The summed E-state index contributed by atoms with van der Waals surface area (Å²) < 4.78 is 26.9. The highest BCUT2D eigenvalue weighted by Gasteiger charge is 2.32. The predicted octanol–water partition coefficient (Wildman–Crippen LogP) is 4.85. The summed E-state index contributed by atoms with van der Waals surface area (Å²) in [6.07, 6.45) is 0.978. The Morgan fingerprint density at radius 3 is 2.32 bits per heavy atom. The van der Waals surface area contributed by atoms with Gasteiger partial charge in [-0.1, -0.05) is 51.3 Å². The van der Waals surface area contributed by atoms with Crippen molar-refractivity contribution in [1.29, 1.82) is 0 Å². The van der Waals surface area contributed by atoms with E-state index in [0.717, 1.165) is 20.6 Å². The van der Waals surface area contributed by atoms with Crippen molar-refractivity contribution >= 4 is 66.7 Å². The first-order valence-corrected chi connectivity index (χ1v) is 13.8. The molecular formula is C23H28BrCl2N3O4S. The average molecular weight is 593 g/mol. The number of sulfonamides is 1. The molecule has 0 aromatic heterocycles. The number of halogens is 3. The summed E-state index contributed by atoms with van der Waals surface area (Å²) in [6.45, 7) is 6.66. The van der Waals surface area contributed by atoms with Crippen LogP contribution in [0.25, 0.3) is 0 Å². The van der Waals surface area contributed by atoms with Gasteiger partial charge in [0.1, 0.15) is 12.6 Å². The third kappa shape index (κ3) is 8.15. The fraction of sp³-hybridized carbons (Fsp3) is 0.391. The van der Waals surface area contributed by atoms with Crippen molar-refractivity contribution in [1.82, 2.24) is 10.2 Å². The summed E-state index contributed by atoms with van der Waals surface area (Å²) in [5.74, 6) is -0.930. The number of nitrogens with one attached hydrogen (secondary N) is 1. The van der Waals surface area contributed by atoms with Crippen LogP contribution in [-0.2, 0) is 26.2 Å². The van der Waals surface area contributed by atoms with E-state index < -0.39 is 34.1 Å². The standard InChI is InChI=1S/C23H28BrCl2N3O4S/c1-15(22(31)27-23(2,3)4)28(13-16-7-6-8-17(24)11-16)21(30)14-29(34(5,32)33)20-12-18(25)9-10-19(20)26/h6-12,15H,13-14H2,1-5H3,(H,27,31). The molecule has 1 unspecified atom stereocenters. The molecule has 0 aliphatic rings. The van der Waals surface area contributed by atoms with Crippen LogP contribution >= 0.6 is 39.1 Å². The van der Waals surface area contributed by atoms with Crippen LogP contribution in [0, 0.1) is 0 Å². The van der Waals surface area contributed by atoms with Crippen LogP contribution in [0.4, 0.5) is 5.69 Å². The van der Waals surface area contributed by atoms with Crippen molar-refractivity contribution in [3.05, 3.63) is 62.5 Å².